The van der Waals surface area contributed by atoms with Crippen molar-refractivity contribution in [3.63, 3.8) is 0 Å². The van der Waals surface area contributed by atoms with Gasteiger partial charge in [-0.25, -0.2) is 0 Å². The Labute approximate surface area is 105 Å². The van der Waals surface area contributed by atoms with Gasteiger partial charge >= 0.3 is 0 Å². The lowest BCUT2D eigenvalue weighted by Crippen LogP contribution is -3.00. The second-order valence-electron chi connectivity index (χ2n) is 4.61. The van der Waals surface area contributed by atoms with Crippen molar-refractivity contribution in [2.75, 3.05) is 26.2 Å². The highest BCUT2D eigenvalue weighted by Gasteiger charge is 2.35. The fraction of sp³-hybridized carbons (Fsp3) is 1.00. The molecule has 0 radical (unpaired) electrons. The van der Waals surface area contributed by atoms with Crippen LogP contribution in [0.2, 0.25) is 0 Å². The molecule has 0 aromatic rings. The first-order chi connectivity index (χ1) is 6.68. The molecule has 1 rings (SSSR count). The van der Waals surface area contributed by atoms with Gasteiger partial charge in [0.1, 0.15) is 0 Å². The van der Waals surface area contributed by atoms with Crippen LogP contribution in [0.5, 0.6) is 0 Å². The van der Waals surface area contributed by atoms with Crippen molar-refractivity contribution in [3.8, 4) is 0 Å². The first kappa shape index (κ1) is 15.4. The summed E-state index contributed by atoms with van der Waals surface area (Å²) in [5.74, 6) is 0. The molecule has 0 amide bonds. The molecule has 0 aliphatic carbocycles. The highest BCUT2D eigenvalue weighted by Crippen LogP contribution is 2.24. The molecule has 0 saturated carbocycles. The number of hydrogen-bond acceptors (Lipinski definition) is 1. The summed E-state index contributed by atoms with van der Waals surface area (Å²) in [7, 11) is 0. The molecule has 1 fully saturated rings. The van der Waals surface area contributed by atoms with Crippen molar-refractivity contribution >= 4 is 0 Å². The summed E-state index contributed by atoms with van der Waals surface area (Å²) >= 11 is 0. The van der Waals surface area contributed by atoms with Crippen molar-refractivity contribution in [3.05, 3.63) is 0 Å². The number of rotatable bonds is 7. The fourth-order valence-electron chi connectivity index (χ4n) is 2.64. The van der Waals surface area contributed by atoms with Crippen molar-refractivity contribution in [1.82, 2.24) is 0 Å². The molecule has 1 heterocycles. The molecule has 92 valence electrons. The van der Waals surface area contributed by atoms with Crippen LogP contribution in [0.25, 0.3) is 0 Å². The van der Waals surface area contributed by atoms with Gasteiger partial charge in [0.25, 0.3) is 0 Å². The van der Waals surface area contributed by atoms with E-state index < -0.39 is 0 Å². The van der Waals surface area contributed by atoms with Crippen LogP contribution in [0.4, 0.5) is 0 Å². The van der Waals surface area contributed by atoms with Gasteiger partial charge in [-0.2, -0.15) is 0 Å². The zero-order valence-corrected chi connectivity index (χ0v) is 12.2. The van der Waals surface area contributed by atoms with Gasteiger partial charge in [-0.3, -0.25) is 0 Å². The van der Waals surface area contributed by atoms with Crippen LogP contribution in [-0.4, -0.2) is 42.9 Å². The van der Waals surface area contributed by atoms with Crippen LogP contribution in [0.1, 0.15) is 40.5 Å². The van der Waals surface area contributed by atoms with Gasteiger partial charge < -0.3 is 26.2 Å². The lowest BCUT2D eigenvalue weighted by Gasteiger charge is -2.42. The lowest BCUT2D eigenvalue weighted by atomic mass is 10.1. The average molecular weight is 280 g/mol. The number of nitrogens with zero attached hydrogens (tertiary/aromatic N) is 1. The molecule has 1 aliphatic rings. The maximum atomic E-state index is 5.33. The number of hydrogen-bond donors (Lipinski definition) is 0. The van der Waals surface area contributed by atoms with E-state index in [2.05, 4.69) is 27.7 Å². The molecule has 0 N–H and O–H groups in total. The predicted octanol–water partition coefficient (Wildman–Crippen LogP) is -0.566. The van der Waals surface area contributed by atoms with Gasteiger partial charge in [0.05, 0.1) is 38.4 Å². The van der Waals surface area contributed by atoms with Crippen LogP contribution < -0.4 is 17.0 Å². The van der Waals surface area contributed by atoms with E-state index in [1.165, 1.54) is 37.0 Å². The van der Waals surface area contributed by atoms with Crippen LogP contribution in [0, 0.1) is 0 Å². The Morgan fingerprint density at radius 3 is 2.13 bits per heavy atom. The van der Waals surface area contributed by atoms with Gasteiger partial charge in [0, 0.05) is 6.42 Å². The third kappa shape index (κ3) is 4.04. The third-order valence-electron chi connectivity index (χ3n) is 3.87. The van der Waals surface area contributed by atoms with Gasteiger partial charge in [-0.1, -0.05) is 6.92 Å². The number of ether oxygens (including phenoxy) is 1. The van der Waals surface area contributed by atoms with Gasteiger partial charge in [0.15, 0.2) is 0 Å². The third-order valence-corrected chi connectivity index (χ3v) is 3.87. The molecule has 2 unspecified atom stereocenters. The SMILES string of the molecule is CCC[N+](CC)(CC)C(C)CC1CO1.[Br-]. The Hall–Kier alpha value is 0.400. The maximum Gasteiger partial charge on any atom is 0.0887 e. The largest absolute Gasteiger partial charge is 1.00 e. The summed E-state index contributed by atoms with van der Waals surface area (Å²) in [6.45, 7) is 14.2. The van der Waals surface area contributed by atoms with Crippen molar-refractivity contribution in [2.45, 2.75) is 52.7 Å². The van der Waals surface area contributed by atoms with Crippen molar-refractivity contribution in [2.24, 2.45) is 0 Å². The van der Waals surface area contributed by atoms with E-state index in [0.29, 0.717) is 6.10 Å². The van der Waals surface area contributed by atoms with Crippen molar-refractivity contribution < 1.29 is 26.2 Å². The minimum atomic E-state index is 0. The van der Waals surface area contributed by atoms with Gasteiger partial charge in [0.2, 0.25) is 0 Å². The molecule has 0 aromatic heterocycles. The Morgan fingerprint density at radius 1 is 1.27 bits per heavy atom. The molecule has 3 heteroatoms. The Morgan fingerprint density at radius 2 is 1.80 bits per heavy atom. The number of quaternary nitrogens is 1. The number of epoxide rings is 1. The second-order valence-corrected chi connectivity index (χ2v) is 4.61. The van der Waals surface area contributed by atoms with E-state index in [4.69, 9.17) is 4.74 Å². The predicted molar refractivity (Wildman–Crippen MR) is 60.3 cm³/mol. The highest BCUT2D eigenvalue weighted by atomic mass is 79.9. The van der Waals surface area contributed by atoms with Crippen molar-refractivity contribution in [1.29, 1.82) is 0 Å². The highest BCUT2D eigenvalue weighted by molar-refractivity contribution is 4.73. The monoisotopic (exact) mass is 279 g/mol. The molecule has 1 aliphatic heterocycles. The lowest BCUT2D eigenvalue weighted by molar-refractivity contribution is -0.946. The topological polar surface area (TPSA) is 12.5 Å². The summed E-state index contributed by atoms with van der Waals surface area (Å²) in [6.07, 6.45) is 3.12. The molecule has 0 spiro atoms. The van der Waals surface area contributed by atoms with E-state index in [1.54, 1.807) is 0 Å². The van der Waals surface area contributed by atoms with Gasteiger partial charge in [-0.15, -0.1) is 0 Å². The smallest absolute Gasteiger partial charge is 0.0887 e. The standard InChI is InChI=1S/C12H26NO.BrH/c1-5-8-13(6-2,7-3)11(4)9-12-10-14-12;/h11-12H,5-10H2,1-4H3;1H/q+1;/p-1. The molecule has 2 atom stereocenters. The van der Waals surface area contributed by atoms with Crippen LogP contribution in [-0.2, 0) is 4.74 Å². The summed E-state index contributed by atoms with van der Waals surface area (Å²) in [5, 5.41) is 0. The van der Waals surface area contributed by atoms with Crippen LogP contribution in [0.15, 0.2) is 0 Å². The summed E-state index contributed by atoms with van der Waals surface area (Å²) in [6, 6.07) is 0.762. The summed E-state index contributed by atoms with van der Waals surface area (Å²) < 4.78 is 6.61. The Kier molecular flexibility index (Phi) is 7.05. The summed E-state index contributed by atoms with van der Waals surface area (Å²) in [4.78, 5) is 0. The van der Waals surface area contributed by atoms with E-state index in [1.807, 2.05) is 0 Å². The number of halogens is 1. The quantitative estimate of drug-likeness (QED) is 0.450. The first-order valence-corrected chi connectivity index (χ1v) is 6.15. The molecule has 2 nitrogen and oxygen atoms in total. The van der Waals surface area contributed by atoms with Gasteiger partial charge in [-0.05, 0) is 27.2 Å². The Balaban J connectivity index is 0.00000196. The molecule has 1 saturated heterocycles. The van der Waals surface area contributed by atoms with E-state index in [0.717, 1.165) is 12.6 Å². The fourth-order valence-corrected chi connectivity index (χ4v) is 2.64. The van der Waals surface area contributed by atoms with E-state index >= 15 is 0 Å². The normalized spacial score (nSPS) is 22.0. The molecular formula is C12H26BrNO. The van der Waals surface area contributed by atoms with Crippen LogP contribution in [0.3, 0.4) is 0 Å². The zero-order chi connectivity index (χ0) is 10.6. The molecule has 0 aromatic carbocycles. The minimum Gasteiger partial charge on any atom is -1.00 e. The second kappa shape index (κ2) is 6.87. The molecular weight excluding hydrogens is 254 g/mol. The summed E-state index contributed by atoms with van der Waals surface area (Å²) in [5.41, 5.74) is 0. The maximum absolute atomic E-state index is 5.33. The molecule has 0 bridgehead atoms. The molecule has 15 heavy (non-hydrogen) atoms. The average Bonchev–Trinajstić information content (AvgIpc) is 2.98. The van der Waals surface area contributed by atoms with E-state index in [-0.39, 0.29) is 17.0 Å². The van der Waals surface area contributed by atoms with E-state index in [9.17, 15) is 0 Å². The van der Waals surface area contributed by atoms with Crippen LogP contribution >= 0.6 is 0 Å². The first-order valence-electron chi connectivity index (χ1n) is 6.15. The Bertz CT molecular complexity index is 167. The zero-order valence-electron chi connectivity index (χ0n) is 10.6. The minimum absolute atomic E-state index is 0.